The van der Waals surface area contributed by atoms with Crippen molar-refractivity contribution in [1.82, 2.24) is 10.9 Å². The SMILES string of the molecule is Cc1cc(Br)ccc1OCC(=O)NNC(=O)COc1ccccc1C(C)C. The van der Waals surface area contributed by atoms with Crippen molar-refractivity contribution in [1.29, 1.82) is 0 Å². The van der Waals surface area contributed by atoms with E-state index in [-0.39, 0.29) is 19.1 Å². The summed E-state index contributed by atoms with van der Waals surface area (Å²) in [5.41, 5.74) is 6.54. The van der Waals surface area contributed by atoms with Gasteiger partial charge in [0.25, 0.3) is 11.8 Å². The largest absolute Gasteiger partial charge is 0.483 e. The number of halogens is 1. The van der Waals surface area contributed by atoms with Crippen LogP contribution >= 0.6 is 15.9 Å². The van der Waals surface area contributed by atoms with Gasteiger partial charge in [-0.15, -0.1) is 0 Å². The van der Waals surface area contributed by atoms with E-state index in [1.807, 2.05) is 43.3 Å². The Hall–Kier alpha value is -2.54. The summed E-state index contributed by atoms with van der Waals surface area (Å²) in [6, 6.07) is 13.0. The molecule has 0 saturated carbocycles. The fourth-order valence-electron chi connectivity index (χ4n) is 2.36. The van der Waals surface area contributed by atoms with Crippen molar-refractivity contribution >= 4 is 27.7 Å². The second-order valence-electron chi connectivity index (χ2n) is 6.28. The molecule has 144 valence electrons. The highest BCUT2D eigenvalue weighted by atomic mass is 79.9. The smallest absolute Gasteiger partial charge is 0.276 e. The molecule has 2 rings (SSSR count). The van der Waals surface area contributed by atoms with Crippen LogP contribution in [0.3, 0.4) is 0 Å². The number of amides is 2. The van der Waals surface area contributed by atoms with Crippen LogP contribution in [0.15, 0.2) is 46.9 Å². The molecule has 2 amide bonds. The summed E-state index contributed by atoms with van der Waals surface area (Å²) in [6.45, 7) is 5.58. The van der Waals surface area contributed by atoms with Gasteiger partial charge in [0.15, 0.2) is 13.2 Å². The highest BCUT2D eigenvalue weighted by Crippen LogP contribution is 2.25. The van der Waals surface area contributed by atoms with Gasteiger partial charge in [0.05, 0.1) is 0 Å². The molecule has 7 heteroatoms. The maximum atomic E-state index is 11.9. The summed E-state index contributed by atoms with van der Waals surface area (Å²) >= 11 is 3.37. The average Bonchev–Trinajstić information content (AvgIpc) is 2.64. The molecule has 0 heterocycles. The number of aryl methyl sites for hydroxylation is 1. The molecule has 0 fully saturated rings. The predicted octanol–water partition coefficient (Wildman–Crippen LogP) is 3.49. The Balaban J connectivity index is 1.74. The van der Waals surface area contributed by atoms with Gasteiger partial charge in [-0.25, -0.2) is 0 Å². The van der Waals surface area contributed by atoms with Crippen molar-refractivity contribution in [3.63, 3.8) is 0 Å². The Bertz CT molecular complexity index is 808. The molecule has 0 unspecified atom stereocenters. The molecule has 0 aliphatic rings. The molecule has 0 spiro atoms. The van der Waals surface area contributed by atoms with Crippen molar-refractivity contribution in [2.75, 3.05) is 13.2 Å². The van der Waals surface area contributed by atoms with Gasteiger partial charge in [-0.2, -0.15) is 0 Å². The first kappa shape index (κ1) is 20.8. The van der Waals surface area contributed by atoms with Crippen LogP contribution in [0.5, 0.6) is 11.5 Å². The van der Waals surface area contributed by atoms with Gasteiger partial charge in [-0.1, -0.05) is 48.0 Å². The molecule has 27 heavy (non-hydrogen) atoms. The fraction of sp³-hybridized carbons (Fsp3) is 0.300. The van der Waals surface area contributed by atoms with E-state index in [0.717, 1.165) is 15.6 Å². The number of para-hydroxylation sites is 1. The van der Waals surface area contributed by atoms with Crippen molar-refractivity contribution in [3.05, 3.63) is 58.1 Å². The second kappa shape index (κ2) is 9.97. The highest BCUT2D eigenvalue weighted by Gasteiger charge is 2.10. The molecule has 2 N–H and O–H groups in total. The van der Waals surface area contributed by atoms with Gasteiger partial charge in [0.2, 0.25) is 0 Å². The zero-order valence-corrected chi connectivity index (χ0v) is 17.1. The number of benzene rings is 2. The molecular weight excluding hydrogens is 412 g/mol. The number of nitrogens with one attached hydrogen (secondary N) is 2. The van der Waals surface area contributed by atoms with Gasteiger partial charge in [-0.3, -0.25) is 20.4 Å². The van der Waals surface area contributed by atoms with Crippen molar-refractivity contribution in [3.8, 4) is 11.5 Å². The fourth-order valence-corrected chi connectivity index (χ4v) is 2.84. The summed E-state index contributed by atoms with van der Waals surface area (Å²) in [5.74, 6) is 0.620. The van der Waals surface area contributed by atoms with E-state index < -0.39 is 11.8 Å². The molecule has 6 nitrogen and oxygen atoms in total. The molecule has 0 saturated heterocycles. The quantitative estimate of drug-likeness (QED) is 0.653. The van der Waals surface area contributed by atoms with E-state index in [9.17, 15) is 9.59 Å². The first-order valence-corrected chi connectivity index (χ1v) is 9.34. The van der Waals surface area contributed by atoms with Crippen LogP contribution in [0.4, 0.5) is 0 Å². The second-order valence-corrected chi connectivity index (χ2v) is 7.19. The van der Waals surface area contributed by atoms with E-state index in [1.54, 1.807) is 6.07 Å². The van der Waals surface area contributed by atoms with Crippen LogP contribution < -0.4 is 20.3 Å². The standard InChI is InChI=1S/C20H23BrN2O4/c1-13(2)16-6-4-5-7-18(16)27-12-20(25)23-22-19(24)11-26-17-9-8-15(21)10-14(17)3/h4-10,13H,11-12H2,1-3H3,(H,22,24)(H,23,25). The number of hydrogen-bond donors (Lipinski definition) is 2. The van der Waals surface area contributed by atoms with Crippen LogP contribution in [0, 0.1) is 6.92 Å². The molecule has 0 atom stereocenters. The summed E-state index contributed by atoms with van der Waals surface area (Å²) in [6.07, 6.45) is 0. The number of hydrogen-bond acceptors (Lipinski definition) is 4. The zero-order valence-electron chi connectivity index (χ0n) is 15.5. The number of carbonyl (C=O) groups excluding carboxylic acids is 2. The Morgan fingerprint density at radius 1 is 0.963 bits per heavy atom. The Kier molecular flexibility index (Phi) is 7.67. The maximum absolute atomic E-state index is 11.9. The summed E-state index contributed by atoms with van der Waals surface area (Å²) in [7, 11) is 0. The normalized spacial score (nSPS) is 10.4. The van der Waals surface area contributed by atoms with Crippen molar-refractivity contribution < 1.29 is 19.1 Å². The molecule has 0 radical (unpaired) electrons. The van der Waals surface area contributed by atoms with Gasteiger partial charge in [0, 0.05) is 4.47 Å². The Morgan fingerprint density at radius 2 is 1.56 bits per heavy atom. The summed E-state index contributed by atoms with van der Waals surface area (Å²) in [5, 5.41) is 0. The average molecular weight is 435 g/mol. The first-order valence-electron chi connectivity index (χ1n) is 8.55. The van der Waals surface area contributed by atoms with Crippen LogP contribution in [-0.4, -0.2) is 25.0 Å². The van der Waals surface area contributed by atoms with Crippen LogP contribution in [0.25, 0.3) is 0 Å². The lowest BCUT2D eigenvalue weighted by molar-refractivity contribution is -0.131. The number of carbonyl (C=O) groups is 2. The Labute approximate surface area is 167 Å². The number of rotatable bonds is 7. The van der Waals surface area contributed by atoms with Gasteiger partial charge < -0.3 is 9.47 Å². The zero-order chi connectivity index (χ0) is 19.8. The maximum Gasteiger partial charge on any atom is 0.276 e. The third kappa shape index (κ3) is 6.60. The van der Waals surface area contributed by atoms with E-state index in [2.05, 4.69) is 40.6 Å². The molecule has 0 aromatic heterocycles. The first-order chi connectivity index (χ1) is 12.9. The van der Waals surface area contributed by atoms with Crippen LogP contribution in [-0.2, 0) is 9.59 Å². The molecule has 0 bridgehead atoms. The van der Waals surface area contributed by atoms with E-state index in [0.29, 0.717) is 11.5 Å². The van der Waals surface area contributed by atoms with Crippen LogP contribution in [0.2, 0.25) is 0 Å². The summed E-state index contributed by atoms with van der Waals surface area (Å²) in [4.78, 5) is 23.7. The minimum atomic E-state index is -0.465. The van der Waals surface area contributed by atoms with Gasteiger partial charge >= 0.3 is 0 Å². The molecule has 0 aliphatic carbocycles. The number of ether oxygens (including phenoxy) is 2. The van der Waals surface area contributed by atoms with E-state index >= 15 is 0 Å². The van der Waals surface area contributed by atoms with Crippen molar-refractivity contribution in [2.24, 2.45) is 0 Å². The molecule has 2 aromatic carbocycles. The monoisotopic (exact) mass is 434 g/mol. The third-order valence-corrected chi connectivity index (χ3v) is 4.23. The number of hydrazine groups is 1. The summed E-state index contributed by atoms with van der Waals surface area (Å²) < 4.78 is 11.9. The molecule has 0 aliphatic heterocycles. The third-order valence-electron chi connectivity index (χ3n) is 3.74. The minimum Gasteiger partial charge on any atom is -0.483 e. The lowest BCUT2D eigenvalue weighted by Crippen LogP contribution is -2.45. The van der Waals surface area contributed by atoms with Crippen LogP contribution in [0.1, 0.15) is 30.9 Å². The van der Waals surface area contributed by atoms with E-state index in [4.69, 9.17) is 9.47 Å². The minimum absolute atomic E-state index is 0.198. The molecule has 2 aromatic rings. The van der Waals surface area contributed by atoms with Gasteiger partial charge in [-0.05, 0) is 48.2 Å². The lowest BCUT2D eigenvalue weighted by atomic mass is 10.0. The Morgan fingerprint density at radius 3 is 2.15 bits per heavy atom. The van der Waals surface area contributed by atoms with Crippen molar-refractivity contribution in [2.45, 2.75) is 26.7 Å². The highest BCUT2D eigenvalue weighted by molar-refractivity contribution is 9.10. The topological polar surface area (TPSA) is 76.7 Å². The lowest BCUT2D eigenvalue weighted by Gasteiger charge is -2.14. The predicted molar refractivity (Wildman–Crippen MR) is 107 cm³/mol. The van der Waals surface area contributed by atoms with E-state index in [1.165, 1.54) is 0 Å². The van der Waals surface area contributed by atoms with Gasteiger partial charge in [0.1, 0.15) is 11.5 Å². The molecular formula is C20H23BrN2O4.